The molecule has 0 amide bonds. The Morgan fingerprint density at radius 3 is 2.77 bits per heavy atom. The van der Waals surface area contributed by atoms with E-state index in [4.69, 9.17) is 20.6 Å². The van der Waals surface area contributed by atoms with Crippen LogP contribution in [-0.2, 0) is 5.88 Å². The van der Waals surface area contributed by atoms with Gasteiger partial charge in [0.05, 0.1) is 0 Å². The van der Waals surface area contributed by atoms with Crippen LogP contribution in [0.25, 0.3) is 11.5 Å². The van der Waals surface area contributed by atoms with E-state index in [9.17, 15) is 0 Å². The first-order valence-corrected chi connectivity index (χ1v) is 4.15. The molecule has 0 fully saturated rings. The van der Waals surface area contributed by atoms with Crippen molar-refractivity contribution in [1.82, 2.24) is 15.3 Å². The van der Waals surface area contributed by atoms with E-state index >= 15 is 0 Å². The van der Waals surface area contributed by atoms with Gasteiger partial charge in [-0.15, -0.1) is 11.6 Å². The van der Waals surface area contributed by atoms with E-state index < -0.39 is 0 Å². The maximum Gasteiger partial charge on any atom is 0.241 e. The van der Waals surface area contributed by atoms with Crippen LogP contribution in [0.15, 0.2) is 15.1 Å². The summed E-state index contributed by atoms with van der Waals surface area (Å²) >= 11 is 5.49. The van der Waals surface area contributed by atoms with E-state index in [1.54, 1.807) is 13.0 Å². The van der Waals surface area contributed by atoms with E-state index in [2.05, 4.69) is 15.3 Å². The van der Waals surface area contributed by atoms with Crippen LogP contribution in [0.5, 0.6) is 0 Å². The van der Waals surface area contributed by atoms with Gasteiger partial charge in [-0.05, 0) is 6.92 Å². The van der Waals surface area contributed by atoms with Gasteiger partial charge in [-0.3, -0.25) is 0 Å². The molecule has 13 heavy (non-hydrogen) atoms. The largest absolute Gasteiger partial charge is 0.361 e. The summed E-state index contributed by atoms with van der Waals surface area (Å²) in [4.78, 5) is 3.98. The van der Waals surface area contributed by atoms with Crippen LogP contribution in [0.1, 0.15) is 11.7 Å². The fraction of sp³-hybridized carbons (Fsp3) is 0.286. The Morgan fingerprint density at radius 2 is 2.23 bits per heavy atom. The molecule has 2 heterocycles. The highest BCUT2D eigenvalue weighted by atomic mass is 35.5. The molecule has 0 N–H and O–H groups in total. The predicted molar refractivity (Wildman–Crippen MR) is 44.1 cm³/mol. The minimum atomic E-state index is 0.198. The maximum atomic E-state index is 5.49. The molecule has 0 saturated heterocycles. The molecular weight excluding hydrogens is 194 g/mol. The number of aryl methyl sites for hydroxylation is 1. The van der Waals surface area contributed by atoms with Crippen molar-refractivity contribution in [2.75, 3.05) is 0 Å². The second kappa shape index (κ2) is 3.18. The first kappa shape index (κ1) is 8.25. The lowest BCUT2D eigenvalue weighted by Gasteiger charge is -1.78. The molecule has 0 spiro atoms. The van der Waals surface area contributed by atoms with Crippen LogP contribution in [0.4, 0.5) is 0 Å². The maximum absolute atomic E-state index is 5.49. The third kappa shape index (κ3) is 1.55. The lowest BCUT2D eigenvalue weighted by atomic mass is 10.4. The number of nitrogens with zero attached hydrogens (tertiary/aromatic N) is 3. The highest BCUT2D eigenvalue weighted by molar-refractivity contribution is 6.16. The third-order valence-electron chi connectivity index (χ3n) is 1.44. The number of hydrogen-bond acceptors (Lipinski definition) is 5. The zero-order chi connectivity index (χ0) is 9.26. The standard InChI is InChI=1S/C7H6ClN3O2/c1-4-2-5(10-12-4)7-9-6(3-8)13-11-7/h2H,3H2,1H3. The molecule has 2 aromatic heterocycles. The van der Waals surface area contributed by atoms with Gasteiger partial charge in [-0.2, -0.15) is 4.98 Å². The molecule has 5 nitrogen and oxygen atoms in total. The molecule has 6 heteroatoms. The van der Waals surface area contributed by atoms with Crippen LogP contribution < -0.4 is 0 Å². The van der Waals surface area contributed by atoms with Crippen molar-refractivity contribution in [1.29, 1.82) is 0 Å². The molecule has 0 radical (unpaired) electrons. The first-order valence-electron chi connectivity index (χ1n) is 3.62. The molecule has 0 aliphatic carbocycles. The van der Waals surface area contributed by atoms with Crippen molar-refractivity contribution < 1.29 is 9.05 Å². The molecule has 2 rings (SSSR count). The lowest BCUT2D eigenvalue weighted by molar-refractivity contribution is 0.387. The Kier molecular flexibility index (Phi) is 2.02. The Balaban J connectivity index is 2.35. The van der Waals surface area contributed by atoms with Gasteiger partial charge in [-0.1, -0.05) is 10.3 Å². The smallest absolute Gasteiger partial charge is 0.241 e. The van der Waals surface area contributed by atoms with Gasteiger partial charge in [0.25, 0.3) is 0 Å². The average molecular weight is 200 g/mol. The summed E-state index contributed by atoms with van der Waals surface area (Å²) in [6.45, 7) is 1.79. The lowest BCUT2D eigenvalue weighted by Crippen LogP contribution is -1.80. The number of aromatic nitrogens is 3. The molecule has 0 unspecified atom stereocenters. The minimum Gasteiger partial charge on any atom is -0.361 e. The number of rotatable bonds is 2. The molecule has 0 saturated carbocycles. The van der Waals surface area contributed by atoms with Crippen LogP contribution >= 0.6 is 11.6 Å². The fourth-order valence-electron chi connectivity index (χ4n) is 0.885. The van der Waals surface area contributed by atoms with E-state index in [1.165, 1.54) is 0 Å². The van der Waals surface area contributed by atoms with Gasteiger partial charge in [-0.25, -0.2) is 0 Å². The molecule has 0 aliphatic rings. The van der Waals surface area contributed by atoms with Crippen molar-refractivity contribution in [3.8, 4) is 11.5 Å². The Bertz CT molecular complexity index is 409. The normalized spacial score (nSPS) is 10.6. The SMILES string of the molecule is Cc1cc(-c2noc(CCl)n2)no1. The molecule has 2 aromatic rings. The third-order valence-corrected chi connectivity index (χ3v) is 1.67. The molecule has 0 aromatic carbocycles. The summed E-state index contributed by atoms with van der Waals surface area (Å²) in [6, 6.07) is 1.73. The predicted octanol–water partition coefficient (Wildman–Crippen LogP) is 1.77. The summed E-state index contributed by atoms with van der Waals surface area (Å²) in [6.07, 6.45) is 0. The zero-order valence-corrected chi connectivity index (χ0v) is 7.58. The zero-order valence-electron chi connectivity index (χ0n) is 6.82. The summed E-state index contributed by atoms with van der Waals surface area (Å²) in [5.41, 5.74) is 0.553. The molecule has 68 valence electrons. The second-order valence-electron chi connectivity index (χ2n) is 2.47. The topological polar surface area (TPSA) is 65.0 Å². The second-order valence-corrected chi connectivity index (χ2v) is 2.74. The van der Waals surface area contributed by atoms with Crippen molar-refractivity contribution in [2.24, 2.45) is 0 Å². The highest BCUT2D eigenvalue weighted by Crippen LogP contribution is 2.15. The van der Waals surface area contributed by atoms with Crippen LogP contribution in [0.3, 0.4) is 0 Å². The van der Waals surface area contributed by atoms with Gasteiger partial charge in [0.2, 0.25) is 11.7 Å². The van der Waals surface area contributed by atoms with Crippen molar-refractivity contribution >= 4 is 11.6 Å². The van der Waals surface area contributed by atoms with Crippen LogP contribution in [-0.4, -0.2) is 15.3 Å². The number of halogens is 1. The number of hydrogen-bond donors (Lipinski definition) is 0. The molecule has 0 aliphatic heterocycles. The monoisotopic (exact) mass is 199 g/mol. The van der Waals surface area contributed by atoms with Crippen LogP contribution in [0.2, 0.25) is 0 Å². The van der Waals surface area contributed by atoms with Gasteiger partial charge < -0.3 is 9.05 Å². The van der Waals surface area contributed by atoms with Crippen molar-refractivity contribution in [3.05, 3.63) is 17.7 Å². The minimum absolute atomic E-state index is 0.198. The molecular formula is C7H6ClN3O2. The van der Waals surface area contributed by atoms with Gasteiger partial charge in [0.1, 0.15) is 11.6 Å². The molecule has 0 bridgehead atoms. The van der Waals surface area contributed by atoms with Gasteiger partial charge in [0.15, 0.2) is 5.69 Å². The quantitative estimate of drug-likeness (QED) is 0.690. The van der Waals surface area contributed by atoms with Gasteiger partial charge >= 0.3 is 0 Å². The van der Waals surface area contributed by atoms with Gasteiger partial charge in [0, 0.05) is 6.07 Å². The van der Waals surface area contributed by atoms with Crippen molar-refractivity contribution in [3.63, 3.8) is 0 Å². The Hall–Kier alpha value is -1.36. The Labute approximate surface area is 78.7 Å². The van der Waals surface area contributed by atoms with E-state index in [1.807, 2.05) is 0 Å². The molecule has 0 atom stereocenters. The van der Waals surface area contributed by atoms with Crippen LogP contribution in [0, 0.1) is 6.92 Å². The summed E-state index contributed by atoms with van der Waals surface area (Å²) < 4.78 is 9.66. The Morgan fingerprint density at radius 1 is 1.38 bits per heavy atom. The van der Waals surface area contributed by atoms with E-state index in [-0.39, 0.29) is 5.88 Å². The average Bonchev–Trinajstić information content (AvgIpc) is 2.71. The summed E-state index contributed by atoms with van der Waals surface area (Å²) in [5, 5.41) is 7.41. The summed E-state index contributed by atoms with van der Waals surface area (Å²) in [7, 11) is 0. The highest BCUT2D eigenvalue weighted by Gasteiger charge is 2.11. The first-order chi connectivity index (χ1) is 6.29. The van der Waals surface area contributed by atoms with Crippen molar-refractivity contribution in [2.45, 2.75) is 12.8 Å². The number of alkyl halides is 1. The van der Waals surface area contributed by atoms with E-state index in [0.29, 0.717) is 23.2 Å². The summed E-state index contributed by atoms with van der Waals surface area (Å²) in [5.74, 6) is 1.67. The fourth-order valence-corrected chi connectivity index (χ4v) is 0.994. The van der Waals surface area contributed by atoms with E-state index in [0.717, 1.165) is 0 Å².